The number of unbranched alkanes of at least 4 members (excludes halogenated alkanes) is 1. The largest absolute Gasteiger partial charge is 0.444 e. The third-order valence-corrected chi connectivity index (χ3v) is 2.11. The normalized spacial score (nSPS) is 10.9. The van der Waals surface area contributed by atoms with Gasteiger partial charge in [-0.2, -0.15) is 0 Å². The number of nitrogens with one attached hydrogen (secondary N) is 1. The zero-order valence-electron chi connectivity index (χ0n) is 11.9. The van der Waals surface area contributed by atoms with Crippen molar-refractivity contribution >= 4 is 12.0 Å². The molecule has 0 atom stereocenters. The summed E-state index contributed by atoms with van der Waals surface area (Å²) in [6, 6.07) is 0. The van der Waals surface area contributed by atoms with Gasteiger partial charge in [0.05, 0.1) is 7.11 Å². The van der Waals surface area contributed by atoms with E-state index < -0.39 is 11.7 Å². The van der Waals surface area contributed by atoms with Gasteiger partial charge in [0.15, 0.2) is 0 Å². The van der Waals surface area contributed by atoms with Crippen LogP contribution in [0.3, 0.4) is 0 Å². The topological polar surface area (TPSA) is 67.9 Å². The van der Waals surface area contributed by atoms with Crippen LogP contribution in [0.15, 0.2) is 0 Å². The van der Waals surface area contributed by atoms with Crippen molar-refractivity contribution in [2.75, 3.05) is 20.7 Å². The minimum atomic E-state index is -0.485. The number of nitrogens with zero attached hydrogens (tertiary/aromatic N) is 1. The number of hydrogen-bond donors (Lipinski definition) is 1. The fourth-order valence-electron chi connectivity index (χ4n) is 1.17. The summed E-state index contributed by atoms with van der Waals surface area (Å²) in [6.07, 6.45) is 1.40. The summed E-state index contributed by atoms with van der Waals surface area (Å²) in [5.74, 6) is -0.0743. The molecule has 0 aliphatic carbocycles. The first kappa shape index (κ1) is 16.7. The summed E-state index contributed by atoms with van der Waals surface area (Å²) in [6.45, 7) is 5.93. The van der Waals surface area contributed by atoms with Gasteiger partial charge in [-0.05, 0) is 33.6 Å². The second-order valence-electron chi connectivity index (χ2n) is 4.96. The fraction of sp³-hybridized carbons (Fsp3) is 0.833. The molecule has 0 aromatic rings. The average Bonchev–Trinajstić information content (AvgIpc) is 2.24. The van der Waals surface area contributed by atoms with Gasteiger partial charge in [0.1, 0.15) is 5.60 Å². The highest BCUT2D eigenvalue weighted by atomic mass is 16.7. The van der Waals surface area contributed by atoms with E-state index in [0.29, 0.717) is 19.4 Å². The standard InChI is InChI=1S/C12H24N2O4/c1-12(2,3)18-11(16)13-9-7-6-8-10(15)14(4)17-5/h6-9H2,1-5H3,(H,13,16). The Morgan fingerprint density at radius 1 is 1.22 bits per heavy atom. The Kier molecular flexibility index (Phi) is 7.35. The van der Waals surface area contributed by atoms with Crippen LogP contribution < -0.4 is 5.32 Å². The van der Waals surface area contributed by atoms with E-state index in [1.807, 2.05) is 20.8 Å². The Labute approximate surface area is 109 Å². The van der Waals surface area contributed by atoms with Crippen molar-refractivity contribution in [3.05, 3.63) is 0 Å². The van der Waals surface area contributed by atoms with Gasteiger partial charge in [0, 0.05) is 20.0 Å². The first-order valence-electron chi connectivity index (χ1n) is 6.04. The minimum absolute atomic E-state index is 0.0743. The third-order valence-electron chi connectivity index (χ3n) is 2.11. The molecular formula is C12H24N2O4. The molecular weight excluding hydrogens is 236 g/mol. The van der Waals surface area contributed by atoms with Crippen LogP contribution in [0.5, 0.6) is 0 Å². The zero-order valence-corrected chi connectivity index (χ0v) is 11.9. The lowest BCUT2D eigenvalue weighted by atomic mass is 10.2. The Hall–Kier alpha value is -1.30. The molecule has 0 heterocycles. The molecule has 0 aliphatic rings. The second kappa shape index (κ2) is 7.92. The zero-order chi connectivity index (χ0) is 14.2. The summed E-state index contributed by atoms with van der Waals surface area (Å²) in [7, 11) is 3.02. The average molecular weight is 260 g/mol. The summed E-state index contributed by atoms with van der Waals surface area (Å²) < 4.78 is 5.08. The SMILES string of the molecule is CON(C)C(=O)CCCCNC(=O)OC(C)(C)C. The molecule has 0 radical (unpaired) electrons. The highest BCUT2D eigenvalue weighted by molar-refractivity contribution is 5.74. The summed E-state index contributed by atoms with van der Waals surface area (Å²) in [4.78, 5) is 27.4. The van der Waals surface area contributed by atoms with Crippen LogP contribution in [0.25, 0.3) is 0 Å². The summed E-state index contributed by atoms with van der Waals surface area (Å²) in [5, 5.41) is 3.83. The molecule has 0 saturated heterocycles. The lowest BCUT2D eigenvalue weighted by Crippen LogP contribution is -2.33. The van der Waals surface area contributed by atoms with Crippen LogP contribution in [-0.4, -0.2) is 43.4 Å². The first-order chi connectivity index (χ1) is 8.26. The van der Waals surface area contributed by atoms with Crippen LogP contribution in [0.2, 0.25) is 0 Å². The predicted molar refractivity (Wildman–Crippen MR) is 67.9 cm³/mol. The number of rotatable bonds is 6. The second-order valence-corrected chi connectivity index (χ2v) is 4.96. The molecule has 0 fully saturated rings. The molecule has 6 heteroatoms. The first-order valence-corrected chi connectivity index (χ1v) is 6.04. The van der Waals surface area contributed by atoms with Gasteiger partial charge in [-0.3, -0.25) is 9.63 Å². The van der Waals surface area contributed by atoms with Crippen LogP contribution in [0.4, 0.5) is 4.79 Å². The molecule has 6 nitrogen and oxygen atoms in total. The van der Waals surface area contributed by atoms with Gasteiger partial charge in [-0.15, -0.1) is 0 Å². The molecule has 0 rings (SSSR count). The van der Waals surface area contributed by atoms with E-state index in [-0.39, 0.29) is 5.91 Å². The summed E-state index contributed by atoms with van der Waals surface area (Å²) in [5.41, 5.74) is -0.485. The highest BCUT2D eigenvalue weighted by Crippen LogP contribution is 2.06. The van der Waals surface area contributed by atoms with E-state index in [0.717, 1.165) is 6.42 Å². The molecule has 0 aromatic carbocycles. The number of alkyl carbamates (subject to hydrolysis) is 1. The highest BCUT2D eigenvalue weighted by Gasteiger charge is 2.15. The Balaban J connectivity index is 3.57. The number of carbonyl (C=O) groups is 2. The molecule has 0 bridgehead atoms. The van der Waals surface area contributed by atoms with E-state index in [4.69, 9.17) is 9.57 Å². The van der Waals surface area contributed by atoms with Crippen molar-refractivity contribution in [1.29, 1.82) is 0 Å². The Bertz CT molecular complexity index is 274. The van der Waals surface area contributed by atoms with Gasteiger partial charge in [0.25, 0.3) is 0 Å². The Morgan fingerprint density at radius 2 is 1.83 bits per heavy atom. The van der Waals surface area contributed by atoms with Crippen molar-refractivity contribution in [1.82, 2.24) is 10.4 Å². The molecule has 0 unspecified atom stereocenters. The third kappa shape index (κ3) is 8.81. The molecule has 18 heavy (non-hydrogen) atoms. The monoisotopic (exact) mass is 260 g/mol. The van der Waals surface area contributed by atoms with Gasteiger partial charge in [-0.1, -0.05) is 0 Å². The van der Waals surface area contributed by atoms with E-state index >= 15 is 0 Å². The van der Waals surface area contributed by atoms with Gasteiger partial charge >= 0.3 is 6.09 Å². The maximum absolute atomic E-state index is 11.3. The van der Waals surface area contributed by atoms with Crippen LogP contribution in [-0.2, 0) is 14.4 Å². The molecule has 106 valence electrons. The van der Waals surface area contributed by atoms with Crippen molar-refractivity contribution in [2.24, 2.45) is 0 Å². The molecule has 2 amide bonds. The van der Waals surface area contributed by atoms with Crippen LogP contribution >= 0.6 is 0 Å². The van der Waals surface area contributed by atoms with Gasteiger partial charge in [0.2, 0.25) is 5.91 Å². The van der Waals surface area contributed by atoms with Crippen LogP contribution in [0, 0.1) is 0 Å². The molecule has 0 aromatic heterocycles. The number of ether oxygens (including phenoxy) is 1. The smallest absolute Gasteiger partial charge is 0.407 e. The van der Waals surface area contributed by atoms with Gasteiger partial charge in [-0.25, -0.2) is 9.86 Å². The van der Waals surface area contributed by atoms with E-state index in [9.17, 15) is 9.59 Å². The van der Waals surface area contributed by atoms with Gasteiger partial charge < -0.3 is 10.1 Å². The van der Waals surface area contributed by atoms with E-state index in [1.54, 1.807) is 7.05 Å². The molecule has 0 spiro atoms. The number of carbonyl (C=O) groups excluding carboxylic acids is 2. The van der Waals surface area contributed by atoms with Crippen LogP contribution in [0.1, 0.15) is 40.0 Å². The lowest BCUT2D eigenvalue weighted by molar-refractivity contribution is -0.168. The predicted octanol–water partition coefficient (Wildman–Crippen LogP) is 1.70. The maximum Gasteiger partial charge on any atom is 0.407 e. The van der Waals surface area contributed by atoms with Crippen molar-refractivity contribution in [2.45, 2.75) is 45.6 Å². The van der Waals surface area contributed by atoms with E-state index in [2.05, 4.69) is 5.32 Å². The molecule has 0 saturated carbocycles. The van der Waals surface area contributed by atoms with Crippen molar-refractivity contribution in [3.8, 4) is 0 Å². The molecule has 0 aliphatic heterocycles. The molecule has 1 N–H and O–H groups in total. The number of hydrogen-bond acceptors (Lipinski definition) is 4. The maximum atomic E-state index is 11.3. The Morgan fingerprint density at radius 3 is 2.33 bits per heavy atom. The van der Waals surface area contributed by atoms with E-state index in [1.165, 1.54) is 12.2 Å². The van der Waals surface area contributed by atoms with Crippen molar-refractivity contribution in [3.63, 3.8) is 0 Å². The lowest BCUT2D eigenvalue weighted by Gasteiger charge is -2.19. The minimum Gasteiger partial charge on any atom is -0.444 e. The van der Waals surface area contributed by atoms with Crippen molar-refractivity contribution < 1.29 is 19.2 Å². The quantitative estimate of drug-likeness (QED) is 0.583. The number of amides is 2. The number of hydroxylamine groups is 2. The summed E-state index contributed by atoms with van der Waals surface area (Å²) >= 11 is 0. The fourth-order valence-corrected chi connectivity index (χ4v) is 1.17.